The summed E-state index contributed by atoms with van der Waals surface area (Å²) in [5, 5.41) is 20.0. The second-order valence-corrected chi connectivity index (χ2v) is 5.32. The van der Waals surface area contributed by atoms with Gasteiger partial charge in [-0.1, -0.05) is 15.9 Å². The molecule has 0 aromatic heterocycles. The van der Waals surface area contributed by atoms with Crippen LogP contribution in [0.5, 0.6) is 11.5 Å². The maximum Gasteiger partial charge on any atom is 0.162 e. The van der Waals surface area contributed by atoms with E-state index in [9.17, 15) is 10.2 Å². The predicted octanol–water partition coefficient (Wildman–Crippen LogP) is 2.36. The Bertz CT molecular complexity index is 426. The Balaban J connectivity index is 0.00000162. The van der Waals surface area contributed by atoms with Crippen molar-refractivity contribution in [3.63, 3.8) is 0 Å². The quantitative estimate of drug-likeness (QED) is 0.788. The van der Waals surface area contributed by atoms with Crippen LogP contribution in [-0.4, -0.2) is 23.4 Å². The molecular weight excluding hydrogens is 321 g/mol. The molecule has 4 nitrogen and oxygen atoms in total. The van der Waals surface area contributed by atoms with E-state index in [1.165, 1.54) is 7.11 Å². The largest absolute Gasteiger partial charge is 0.504 e. The van der Waals surface area contributed by atoms with Gasteiger partial charge in [0.1, 0.15) is 0 Å². The summed E-state index contributed by atoms with van der Waals surface area (Å²) in [6.07, 6.45) is 1.39. The molecule has 1 aliphatic rings. The van der Waals surface area contributed by atoms with Gasteiger partial charge in [0.15, 0.2) is 11.5 Å². The molecule has 0 radical (unpaired) electrons. The Morgan fingerprint density at radius 2 is 2.06 bits per heavy atom. The molecule has 2 rings (SSSR count). The van der Waals surface area contributed by atoms with Crippen molar-refractivity contribution in [1.29, 1.82) is 0 Å². The number of phenols is 1. The molecule has 1 aliphatic carbocycles. The van der Waals surface area contributed by atoms with Crippen LogP contribution in [0.15, 0.2) is 16.6 Å². The van der Waals surface area contributed by atoms with E-state index in [-0.39, 0.29) is 24.1 Å². The SMILES string of the molecule is COc1cc(Br)cc([C@H](N)[C@H](O)C2CC2)c1O.Cl. The second kappa shape index (κ2) is 6.10. The van der Waals surface area contributed by atoms with Crippen molar-refractivity contribution < 1.29 is 14.9 Å². The number of phenolic OH excluding ortho intramolecular Hbond substituents is 1. The van der Waals surface area contributed by atoms with Crippen LogP contribution in [0.25, 0.3) is 0 Å². The molecule has 0 bridgehead atoms. The maximum atomic E-state index is 10.00. The van der Waals surface area contributed by atoms with Gasteiger partial charge in [-0.2, -0.15) is 0 Å². The summed E-state index contributed by atoms with van der Waals surface area (Å²) in [4.78, 5) is 0. The highest BCUT2D eigenvalue weighted by Crippen LogP contribution is 2.42. The zero-order valence-corrected chi connectivity index (χ0v) is 12.4. The number of rotatable bonds is 4. The van der Waals surface area contributed by atoms with Crippen molar-refractivity contribution in [3.8, 4) is 11.5 Å². The fourth-order valence-corrected chi connectivity index (χ4v) is 2.37. The van der Waals surface area contributed by atoms with Gasteiger partial charge in [0.25, 0.3) is 0 Å². The van der Waals surface area contributed by atoms with Gasteiger partial charge in [-0.15, -0.1) is 12.4 Å². The average Bonchev–Trinajstić information content (AvgIpc) is 3.13. The van der Waals surface area contributed by atoms with Crippen molar-refractivity contribution in [1.82, 2.24) is 0 Å². The molecule has 1 saturated carbocycles. The first-order valence-corrected chi connectivity index (χ1v) is 6.34. The Kier molecular flexibility index (Phi) is 5.28. The summed E-state index contributed by atoms with van der Waals surface area (Å²) in [6.45, 7) is 0. The van der Waals surface area contributed by atoms with Crippen LogP contribution in [0, 0.1) is 5.92 Å². The third kappa shape index (κ3) is 3.09. The third-order valence-corrected chi connectivity index (χ3v) is 3.58. The van der Waals surface area contributed by atoms with Gasteiger partial charge in [0, 0.05) is 10.0 Å². The lowest BCUT2D eigenvalue weighted by molar-refractivity contribution is 0.121. The summed E-state index contributed by atoms with van der Waals surface area (Å²) < 4.78 is 5.82. The summed E-state index contributed by atoms with van der Waals surface area (Å²) >= 11 is 3.33. The fraction of sp³-hybridized carbons (Fsp3) is 0.500. The average molecular weight is 339 g/mol. The van der Waals surface area contributed by atoms with Crippen LogP contribution in [0.3, 0.4) is 0 Å². The molecular formula is C12H17BrClNO3. The Morgan fingerprint density at radius 1 is 1.44 bits per heavy atom. The van der Waals surface area contributed by atoms with E-state index in [0.29, 0.717) is 11.3 Å². The van der Waals surface area contributed by atoms with Crippen molar-refractivity contribution in [2.75, 3.05) is 7.11 Å². The Labute approximate surface area is 121 Å². The molecule has 0 spiro atoms. The lowest BCUT2D eigenvalue weighted by Crippen LogP contribution is -2.28. The van der Waals surface area contributed by atoms with Crippen LogP contribution in [0.2, 0.25) is 0 Å². The van der Waals surface area contributed by atoms with E-state index in [2.05, 4.69) is 15.9 Å². The molecule has 1 fully saturated rings. The molecule has 1 aromatic carbocycles. The lowest BCUT2D eigenvalue weighted by atomic mass is 9.98. The number of hydrogen-bond acceptors (Lipinski definition) is 4. The molecule has 2 atom stereocenters. The highest BCUT2D eigenvalue weighted by molar-refractivity contribution is 9.10. The van der Waals surface area contributed by atoms with Crippen LogP contribution >= 0.6 is 28.3 Å². The van der Waals surface area contributed by atoms with E-state index < -0.39 is 12.1 Å². The first-order valence-electron chi connectivity index (χ1n) is 5.54. The first kappa shape index (κ1) is 15.6. The van der Waals surface area contributed by atoms with Gasteiger partial charge in [0.05, 0.1) is 19.3 Å². The smallest absolute Gasteiger partial charge is 0.162 e. The number of methoxy groups -OCH3 is 1. The Hall–Kier alpha value is -0.490. The van der Waals surface area contributed by atoms with Gasteiger partial charge < -0.3 is 20.7 Å². The van der Waals surface area contributed by atoms with E-state index in [1.807, 2.05) is 0 Å². The zero-order chi connectivity index (χ0) is 12.6. The van der Waals surface area contributed by atoms with Gasteiger partial charge in [-0.3, -0.25) is 0 Å². The minimum atomic E-state index is -0.611. The van der Waals surface area contributed by atoms with E-state index >= 15 is 0 Å². The minimum absolute atomic E-state index is 0. The van der Waals surface area contributed by atoms with E-state index in [1.54, 1.807) is 12.1 Å². The third-order valence-electron chi connectivity index (χ3n) is 3.12. The summed E-state index contributed by atoms with van der Waals surface area (Å²) in [7, 11) is 1.48. The molecule has 6 heteroatoms. The highest BCUT2D eigenvalue weighted by atomic mass is 79.9. The molecule has 18 heavy (non-hydrogen) atoms. The van der Waals surface area contributed by atoms with Crippen LogP contribution in [0.1, 0.15) is 24.4 Å². The maximum absolute atomic E-state index is 10.00. The van der Waals surface area contributed by atoms with Crippen LogP contribution in [0.4, 0.5) is 0 Å². The van der Waals surface area contributed by atoms with Crippen LogP contribution in [-0.2, 0) is 0 Å². The van der Waals surface area contributed by atoms with Gasteiger partial charge in [0.2, 0.25) is 0 Å². The van der Waals surface area contributed by atoms with Gasteiger partial charge in [-0.05, 0) is 30.9 Å². The Morgan fingerprint density at radius 3 is 2.56 bits per heavy atom. The molecule has 4 N–H and O–H groups in total. The van der Waals surface area contributed by atoms with Crippen molar-refractivity contribution in [2.24, 2.45) is 11.7 Å². The van der Waals surface area contributed by atoms with Crippen molar-refractivity contribution >= 4 is 28.3 Å². The molecule has 0 aliphatic heterocycles. The predicted molar refractivity (Wildman–Crippen MR) is 75.3 cm³/mol. The number of nitrogens with two attached hydrogens (primary N) is 1. The van der Waals surface area contributed by atoms with Gasteiger partial charge in [-0.25, -0.2) is 0 Å². The monoisotopic (exact) mass is 337 g/mol. The van der Waals surface area contributed by atoms with E-state index in [0.717, 1.165) is 17.3 Å². The molecule has 0 unspecified atom stereocenters. The highest BCUT2D eigenvalue weighted by Gasteiger charge is 2.35. The summed E-state index contributed by atoms with van der Waals surface area (Å²) in [5.74, 6) is 0.616. The number of benzene rings is 1. The fourth-order valence-electron chi connectivity index (χ4n) is 1.92. The number of hydrogen-bond donors (Lipinski definition) is 3. The number of aliphatic hydroxyl groups is 1. The summed E-state index contributed by atoms with van der Waals surface area (Å²) in [6, 6.07) is 2.79. The number of ether oxygens (including phenoxy) is 1. The lowest BCUT2D eigenvalue weighted by Gasteiger charge is -2.21. The standard InChI is InChI=1S/C12H16BrNO3.ClH/c1-17-9-5-7(13)4-8(12(9)16)10(14)11(15)6-2-3-6;/h4-6,10-11,15-16H,2-3,14H2,1H3;1H/t10-,11+;/m0./s1. The minimum Gasteiger partial charge on any atom is -0.504 e. The second-order valence-electron chi connectivity index (χ2n) is 4.40. The number of aliphatic hydroxyl groups excluding tert-OH is 1. The first-order chi connectivity index (χ1) is 8.04. The molecule has 1 aromatic rings. The van der Waals surface area contributed by atoms with Crippen molar-refractivity contribution in [3.05, 3.63) is 22.2 Å². The number of halogens is 2. The molecule has 0 amide bonds. The van der Waals surface area contributed by atoms with Crippen molar-refractivity contribution in [2.45, 2.75) is 25.0 Å². The topological polar surface area (TPSA) is 75.7 Å². The summed E-state index contributed by atoms with van der Waals surface area (Å²) in [5.41, 5.74) is 6.50. The molecule has 0 saturated heterocycles. The zero-order valence-electron chi connectivity index (χ0n) is 9.97. The van der Waals surface area contributed by atoms with Gasteiger partial charge >= 0.3 is 0 Å². The molecule has 0 heterocycles. The van der Waals surface area contributed by atoms with Crippen LogP contribution < -0.4 is 10.5 Å². The molecule has 102 valence electrons. The number of aromatic hydroxyl groups is 1. The normalized spacial score (nSPS) is 17.8. The van der Waals surface area contributed by atoms with E-state index in [4.69, 9.17) is 10.5 Å².